The van der Waals surface area contributed by atoms with Gasteiger partial charge in [-0.25, -0.2) is 0 Å². The van der Waals surface area contributed by atoms with Crippen LogP contribution in [0.2, 0.25) is 0 Å². The maximum Gasteiger partial charge on any atom is 0.407 e. The molecule has 0 aromatic heterocycles. The zero-order valence-corrected chi connectivity index (χ0v) is 14.2. The first-order valence-electron chi connectivity index (χ1n) is 8.71. The summed E-state index contributed by atoms with van der Waals surface area (Å²) in [7, 11) is 1.70. The number of benzene rings is 1. The molecule has 2 fully saturated rings. The molecule has 138 valence electrons. The number of rotatable bonds is 5. The lowest BCUT2D eigenvalue weighted by molar-refractivity contribution is -0.159. The fourth-order valence-corrected chi connectivity index (χ4v) is 3.93. The molecule has 3 rings (SSSR count). The molecule has 4 nitrogen and oxygen atoms in total. The highest BCUT2D eigenvalue weighted by Crippen LogP contribution is 2.33. The number of carbonyl (C=O) groups is 1. The molecule has 0 radical (unpaired) electrons. The molecule has 1 aromatic carbocycles. The van der Waals surface area contributed by atoms with Crippen LogP contribution in [0, 0.1) is 0 Å². The van der Waals surface area contributed by atoms with Crippen molar-refractivity contribution in [3.05, 3.63) is 35.9 Å². The quantitative estimate of drug-likeness (QED) is 0.853. The molecule has 7 heteroatoms. The monoisotopic (exact) mass is 355 g/mol. The van der Waals surface area contributed by atoms with Crippen molar-refractivity contribution in [2.75, 3.05) is 13.6 Å². The average molecular weight is 355 g/mol. The molecule has 0 aliphatic carbocycles. The van der Waals surface area contributed by atoms with E-state index in [9.17, 15) is 18.0 Å². The lowest BCUT2D eigenvalue weighted by Crippen LogP contribution is -2.51. The Hall–Kier alpha value is -1.60. The second kappa shape index (κ2) is 7.33. The van der Waals surface area contributed by atoms with Crippen LogP contribution in [0.15, 0.2) is 30.3 Å². The Bertz CT molecular complexity index is 581. The summed E-state index contributed by atoms with van der Waals surface area (Å²) < 4.78 is 40.0. The van der Waals surface area contributed by atoms with Crippen LogP contribution in [-0.2, 0) is 4.79 Å². The molecule has 1 aromatic rings. The Labute approximate surface area is 145 Å². The van der Waals surface area contributed by atoms with Gasteiger partial charge in [0.05, 0.1) is 6.54 Å². The Balaban J connectivity index is 1.59. The van der Waals surface area contributed by atoms with Crippen LogP contribution in [0.4, 0.5) is 13.2 Å². The van der Waals surface area contributed by atoms with E-state index in [0.29, 0.717) is 12.1 Å². The van der Waals surface area contributed by atoms with E-state index in [1.807, 2.05) is 0 Å². The van der Waals surface area contributed by atoms with Gasteiger partial charge in [0, 0.05) is 25.2 Å². The minimum absolute atomic E-state index is 0.106. The summed E-state index contributed by atoms with van der Waals surface area (Å²) in [5.74, 6) is -0.295. The van der Waals surface area contributed by atoms with Crippen LogP contribution in [-0.4, -0.2) is 48.7 Å². The minimum Gasteiger partial charge on any atom is -0.342 e. The van der Waals surface area contributed by atoms with E-state index in [1.54, 1.807) is 30.1 Å². The minimum atomic E-state index is -4.45. The van der Waals surface area contributed by atoms with Gasteiger partial charge in [0.15, 0.2) is 0 Å². The molecule has 25 heavy (non-hydrogen) atoms. The molecule has 2 saturated heterocycles. The number of amides is 1. The van der Waals surface area contributed by atoms with Crippen LogP contribution < -0.4 is 10.6 Å². The Morgan fingerprint density at radius 2 is 1.84 bits per heavy atom. The highest BCUT2D eigenvalue weighted by atomic mass is 19.4. The molecule has 3 unspecified atom stereocenters. The molecule has 3 atom stereocenters. The van der Waals surface area contributed by atoms with E-state index in [-0.39, 0.29) is 24.1 Å². The summed E-state index contributed by atoms with van der Waals surface area (Å²) in [5, 5.41) is 5.91. The van der Waals surface area contributed by atoms with Crippen molar-refractivity contribution in [1.29, 1.82) is 0 Å². The lowest BCUT2D eigenvalue weighted by atomic mass is 9.98. The van der Waals surface area contributed by atoms with Crippen molar-refractivity contribution >= 4 is 5.91 Å². The maximum absolute atomic E-state index is 13.3. The van der Waals surface area contributed by atoms with Crippen LogP contribution in [0.25, 0.3) is 0 Å². The van der Waals surface area contributed by atoms with Gasteiger partial charge in [-0.1, -0.05) is 30.3 Å². The summed E-state index contributed by atoms with van der Waals surface area (Å²) >= 11 is 0. The van der Waals surface area contributed by atoms with E-state index in [2.05, 4.69) is 10.6 Å². The normalized spacial score (nSPS) is 27.1. The van der Waals surface area contributed by atoms with Gasteiger partial charge in [-0.2, -0.15) is 13.2 Å². The summed E-state index contributed by atoms with van der Waals surface area (Å²) in [6.07, 6.45) is -0.467. The van der Waals surface area contributed by atoms with Crippen molar-refractivity contribution in [3.8, 4) is 0 Å². The van der Waals surface area contributed by atoms with E-state index in [0.717, 1.165) is 25.7 Å². The fourth-order valence-electron chi connectivity index (χ4n) is 3.93. The van der Waals surface area contributed by atoms with Gasteiger partial charge in [-0.15, -0.1) is 0 Å². The van der Waals surface area contributed by atoms with E-state index < -0.39 is 12.2 Å². The molecule has 2 heterocycles. The lowest BCUT2D eigenvalue weighted by Gasteiger charge is -2.36. The molecular formula is C18H24F3N3O. The van der Waals surface area contributed by atoms with E-state index >= 15 is 0 Å². The van der Waals surface area contributed by atoms with E-state index in [4.69, 9.17) is 0 Å². The Kier molecular flexibility index (Phi) is 5.34. The van der Waals surface area contributed by atoms with Crippen molar-refractivity contribution < 1.29 is 18.0 Å². The van der Waals surface area contributed by atoms with Crippen molar-refractivity contribution in [3.63, 3.8) is 0 Å². The van der Waals surface area contributed by atoms with Gasteiger partial charge in [-0.3, -0.25) is 10.1 Å². The predicted molar refractivity (Wildman–Crippen MR) is 89.0 cm³/mol. The summed E-state index contributed by atoms with van der Waals surface area (Å²) in [6.45, 7) is -0.325. The molecule has 2 N–H and O–H groups in total. The SMILES string of the molecule is CN(C(=O)CNC(c1ccccc1)C(F)(F)F)C1CC2CCC(C1)N2. The number of carbonyl (C=O) groups excluding carboxylic acids is 1. The number of alkyl halides is 3. The number of halogens is 3. The van der Waals surface area contributed by atoms with Gasteiger partial charge in [0.2, 0.25) is 5.91 Å². The number of hydrogen-bond donors (Lipinski definition) is 2. The van der Waals surface area contributed by atoms with Gasteiger partial charge in [0.25, 0.3) is 0 Å². The zero-order valence-electron chi connectivity index (χ0n) is 14.2. The van der Waals surface area contributed by atoms with E-state index in [1.165, 1.54) is 12.1 Å². The second-order valence-corrected chi connectivity index (χ2v) is 7.03. The largest absolute Gasteiger partial charge is 0.407 e. The van der Waals surface area contributed by atoms with Gasteiger partial charge >= 0.3 is 6.18 Å². The van der Waals surface area contributed by atoms with Crippen LogP contribution in [0.5, 0.6) is 0 Å². The number of piperidine rings is 1. The first kappa shape index (κ1) is 18.2. The topological polar surface area (TPSA) is 44.4 Å². The van der Waals surface area contributed by atoms with Crippen LogP contribution in [0.3, 0.4) is 0 Å². The smallest absolute Gasteiger partial charge is 0.342 e. The van der Waals surface area contributed by atoms with Crippen molar-refractivity contribution in [2.24, 2.45) is 0 Å². The molecule has 2 bridgehead atoms. The third-order valence-electron chi connectivity index (χ3n) is 5.31. The number of fused-ring (bicyclic) bond motifs is 2. The highest BCUT2D eigenvalue weighted by molar-refractivity contribution is 5.78. The molecule has 2 aliphatic rings. The second-order valence-electron chi connectivity index (χ2n) is 7.03. The molecule has 0 spiro atoms. The summed E-state index contributed by atoms with van der Waals surface area (Å²) in [4.78, 5) is 14.0. The Morgan fingerprint density at radius 3 is 2.40 bits per heavy atom. The zero-order chi connectivity index (χ0) is 18.0. The maximum atomic E-state index is 13.3. The van der Waals surface area contributed by atoms with Crippen molar-refractivity contribution in [1.82, 2.24) is 15.5 Å². The third-order valence-corrected chi connectivity index (χ3v) is 5.31. The third kappa shape index (κ3) is 4.33. The summed E-state index contributed by atoms with van der Waals surface area (Å²) in [5.41, 5.74) is 0.116. The molecular weight excluding hydrogens is 331 g/mol. The first-order chi connectivity index (χ1) is 11.8. The van der Waals surface area contributed by atoms with Crippen LogP contribution >= 0.6 is 0 Å². The highest BCUT2D eigenvalue weighted by Gasteiger charge is 2.41. The van der Waals surface area contributed by atoms with Crippen molar-refractivity contribution in [2.45, 2.75) is 56.0 Å². The number of nitrogens with zero attached hydrogens (tertiary/aromatic N) is 1. The van der Waals surface area contributed by atoms with Gasteiger partial charge < -0.3 is 10.2 Å². The first-order valence-corrected chi connectivity index (χ1v) is 8.71. The standard InChI is InChI=1S/C18H24F3N3O/c1-24(15-9-13-7-8-14(10-15)23-13)16(25)11-22-17(18(19,20)21)12-5-3-2-4-6-12/h2-6,13-15,17,22-23H,7-11H2,1H3. The number of nitrogens with one attached hydrogen (secondary N) is 2. The number of likely N-dealkylation sites (N-methyl/N-ethyl adjacent to an activating group) is 1. The molecule has 2 aliphatic heterocycles. The fraction of sp³-hybridized carbons (Fsp3) is 0.611. The van der Waals surface area contributed by atoms with Gasteiger partial charge in [0.1, 0.15) is 6.04 Å². The Morgan fingerprint density at radius 1 is 1.24 bits per heavy atom. The van der Waals surface area contributed by atoms with Gasteiger partial charge in [-0.05, 0) is 31.2 Å². The molecule has 1 amide bonds. The van der Waals surface area contributed by atoms with Crippen LogP contribution in [0.1, 0.15) is 37.3 Å². The summed E-state index contributed by atoms with van der Waals surface area (Å²) in [6, 6.07) is 6.76. The number of hydrogen-bond acceptors (Lipinski definition) is 3. The average Bonchev–Trinajstić information content (AvgIpc) is 2.92. The predicted octanol–water partition coefficient (Wildman–Crippen LogP) is 2.62. The molecule has 0 saturated carbocycles.